The van der Waals surface area contributed by atoms with E-state index in [0.29, 0.717) is 11.4 Å². The van der Waals surface area contributed by atoms with Crippen LogP contribution in [0, 0.1) is 6.92 Å². The maximum atomic E-state index is 13.3. The molecule has 0 saturated heterocycles. The molecule has 3 aromatic rings. The van der Waals surface area contributed by atoms with Crippen molar-refractivity contribution in [3.8, 4) is 0 Å². The Labute approximate surface area is 205 Å². The van der Waals surface area contributed by atoms with Gasteiger partial charge in [0, 0.05) is 24.5 Å². The number of nitrogens with one attached hydrogen (secondary N) is 1. The number of hydrogen-bond donors (Lipinski definition) is 1. The van der Waals surface area contributed by atoms with Crippen LogP contribution in [-0.2, 0) is 16.1 Å². The number of likely N-dealkylation sites (N-methyl/N-ethyl adjacent to an activating group) is 1. The summed E-state index contributed by atoms with van der Waals surface area (Å²) in [4.78, 5) is 31.4. The number of hydrogen-bond acceptors (Lipinski definition) is 4. The fourth-order valence-electron chi connectivity index (χ4n) is 3.79. The Kier molecular flexibility index (Phi) is 7.83. The van der Waals surface area contributed by atoms with E-state index in [9.17, 15) is 9.59 Å². The molecule has 0 aromatic heterocycles. The maximum absolute atomic E-state index is 13.3. The zero-order chi connectivity index (χ0) is 23.9. The number of para-hydroxylation sites is 1. The minimum Gasteiger partial charge on any atom is -0.353 e. The first-order chi connectivity index (χ1) is 16.5. The van der Waals surface area contributed by atoms with Crippen molar-refractivity contribution in [3.05, 3.63) is 100 Å². The smallest absolute Gasteiger partial charge is 0.265 e. The van der Waals surface area contributed by atoms with E-state index >= 15 is 0 Å². The Hall–Kier alpha value is -3.35. The number of benzene rings is 3. The van der Waals surface area contributed by atoms with Crippen LogP contribution in [0.15, 0.2) is 88.7 Å². The van der Waals surface area contributed by atoms with Gasteiger partial charge in [-0.1, -0.05) is 84.1 Å². The molecular formula is C28H29N3O2S. The molecule has 2 amide bonds. The Bertz CT molecular complexity index is 1180. The zero-order valence-corrected chi connectivity index (χ0v) is 20.3. The van der Waals surface area contributed by atoms with Crippen LogP contribution in [0.5, 0.6) is 0 Å². The lowest BCUT2D eigenvalue weighted by Crippen LogP contribution is -2.44. The third kappa shape index (κ3) is 6.16. The molecule has 6 heteroatoms. The van der Waals surface area contributed by atoms with Gasteiger partial charge in [-0.05, 0) is 43.3 Å². The Balaban J connectivity index is 1.40. The van der Waals surface area contributed by atoms with E-state index in [1.807, 2.05) is 86.8 Å². The van der Waals surface area contributed by atoms with Crippen LogP contribution in [0.25, 0.3) is 6.08 Å². The van der Waals surface area contributed by atoms with Gasteiger partial charge in [0.1, 0.15) is 6.54 Å². The lowest BCUT2D eigenvalue weighted by Gasteiger charge is -2.30. The van der Waals surface area contributed by atoms with Crippen molar-refractivity contribution < 1.29 is 9.59 Å². The molecule has 174 valence electrons. The molecule has 0 fully saturated rings. The van der Waals surface area contributed by atoms with Gasteiger partial charge in [0.2, 0.25) is 5.91 Å². The van der Waals surface area contributed by atoms with Gasteiger partial charge < -0.3 is 10.2 Å². The van der Waals surface area contributed by atoms with Gasteiger partial charge in [0.25, 0.3) is 5.91 Å². The molecule has 0 saturated carbocycles. The normalized spacial score (nSPS) is 14.4. The molecule has 0 unspecified atom stereocenters. The SMILES string of the molecule is Cc1ccc(C=C2Sc3ccccc3N(CC(=O)NCCN(C)Cc3ccccc3)C2=O)cc1. The minimum atomic E-state index is -0.169. The second-order valence-electron chi connectivity index (χ2n) is 8.45. The highest BCUT2D eigenvalue weighted by molar-refractivity contribution is 8.04. The Morgan fingerprint density at radius 1 is 1.00 bits per heavy atom. The van der Waals surface area contributed by atoms with Crippen LogP contribution >= 0.6 is 11.8 Å². The largest absolute Gasteiger partial charge is 0.353 e. The summed E-state index contributed by atoms with van der Waals surface area (Å²) in [5.74, 6) is -0.321. The Morgan fingerprint density at radius 2 is 1.71 bits per heavy atom. The van der Waals surface area contributed by atoms with E-state index < -0.39 is 0 Å². The zero-order valence-electron chi connectivity index (χ0n) is 19.5. The molecule has 0 aliphatic carbocycles. The number of amides is 2. The molecule has 0 atom stereocenters. The van der Waals surface area contributed by atoms with Gasteiger partial charge in [-0.15, -0.1) is 0 Å². The summed E-state index contributed by atoms with van der Waals surface area (Å²) < 4.78 is 0. The average Bonchev–Trinajstić information content (AvgIpc) is 2.83. The van der Waals surface area contributed by atoms with E-state index in [2.05, 4.69) is 22.3 Å². The van der Waals surface area contributed by atoms with Gasteiger partial charge in [0.15, 0.2) is 0 Å². The third-order valence-corrected chi connectivity index (χ3v) is 6.70. The van der Waals surface area contributed by atoms with Crippen LogP contribution in [0.1, 0.15) is 16.7 Å². The lowest BCUT2D eigenvalue weighted by atomic mass is 10.1. The number of anilines is 1. The number of nitrogens with zero attached hydrogens (tertiary/aromatic N) is 2. The van der Waals surface area contributed by atoms with Crippen LogP contribution in [0.2, 0.25) is 0 Å². The molecular weight excluding hydrogens is 442 g/mol. The van der Waals surface area contributed by atoms with Crippen molar-refractivity contribution in [2.75, 3.05) is 31.6 Å². The summed E-state index contributed by atoms with van der Waals surface area (Å²) in [6, 6.07) is 26.0. The first kappa shape index (κ1) is 23.8. The van der Waals surface area contributed by atoms with E-state index in [0.717, 1.165) is 29.2 Å². The van der Waals surface area contributed by atoms with Crippen molar-refractivity contribution in [2.45, 2.75) is 18.4 Å². The first-order valence-corrected chi connectivity index (χ1v) is 12.2. The lowest BCUT2D eigenvalue weighted by molar-refractivity contribution is -0.122. The second-order valence-corrected chi connectivity index (χ2v) is 9.54. The molecule has 1 aliphatic rings. The predicted molar refractivity (Wildman–Crippen MR) is 140 cm³/mol. The number of carbonyl (C=O) groups excluding carboxylic acids is 2. The fourth-order valence-corrected chi connectivity index (χ4v) is 4.85. The maximum Gasteiger partial charge on any atom is 0.265 e. The summed E-state index contributed by atoms with van der Waals surface area (Å²) in [7, 11) is 2.03. The number of thioether (sulfide) groups is 1. The van der Waals surface area contributed by atoms with Crippen LogP contribution < -0.4 is 10.2 Å². The van der Waals surface area contributed by atoms with Crippen LogP contribution in [-0.4, -0.2) is 43.4 Å². The molecule has 4 rings (SSSR count). The summed E-state index contributed by atoms with van der Waals surface area (Å²) >= 11 is 1.45. The predicted octanol–water partition coefficient (Wildman–Crippen LogP) is 4.72. The number of rotatable bonds is 8. The summed E-state index contributed by atoms with van der Waals surface area (Å²) in [6.07, 6.45) is 1.89. The highest BCUT2D eigenvalue weighted by Crippen LogP contribution is 2.41. The second kappa shape index (κ2) is 11.2. The highest BCUT2D eigenvalue weighted by Gasteiger charge is 2.30. The summed E-state index contributed by atoms with van der Waals surface area (Å²) in [5, 5.41) is 2.97. The van der Waals surface area contributed by atoms with Crippen LogP contribution in [0.4, 0.5) is 5.69 Å². The molecule has 0 radical (unpaired) electrons. The standard InChI is InChI=1S/C28H29N3O2S/c1-21-12-14-22(15-13-21)18-26-28(33)31(24-10-6-7-11-25(24)34-26)20-27(32)29-16-17-30(2)19-23-8-4-3-5-9-23/h3-15,18H,16-17,19-20H2,1-2H3,(H,29,32). The van der Waals surface area contributed by atoms with E-state index in [4.69, 9.17) is 0 Å². The van der Waals surface area contributed by atoms with Crippen molar-refractivity contribution in [1.82, 2.24) is 10.2 Å². The molecule has 5 nitrogen and oxygen atoms in total. The first-order valence-electron chi connectivity index (χ1n) is 11.4. The molecule has 0 spiro atoms. The van der Waals surface area contributed by atoms with Crippen molar-refractivity contribution >= 4 is 35.3 Å². The van der Waals surface area contributed by atoms with Gasteiger partial charge in [-0.3, -0.25) is 14.5 Å². The molecule has 1 N–H and O–H groups in total. The van der Waals surface area contributed by atoms with Crippen molar-refractivity contribution in [1.29, 1.82) is 0 Å². The van der Waals surface area contributed by atoms with Gasteiger partial charge >= 0.3 is 0 Å². The molecule has 34 heavy (non-hydrogen) atoms. The van der Waals surface area contributed by atoms with Gasteiger partial charge in [-0.25, -0.2) is 0 Å². The van der Waals surface area contributed by atoms with Gasteiger partial charge in [0.05, 0.1) is 10.6 Å². The van der Waals surface area contributed by atoms with Crippen LogP contribution in [0.3, 0.4) is 0 Å². The third-order valence-electron chi connectivity index (χ3n) is 5.62. The quantitative estimate of drug-likeness (QED) is 0.483. The minimum absolute atomic E-state index is 0.00988. The average molecular weight is 472 g/mol. The summed E-state index contributed by atoms with van der Waals surface area (Å²) in [6.45, 7) is 4.09. The molecule has 1 aliphatic heterocycles. The van der Waals surface area contributed by atoms with E-state index in [1.165, 1.54) is 22.9 Å². The number of carbonyl (C=O) groups is 2. The van der Waals surface area contributed by atoms with E-state index in [1.54, 1.807) is 4.90 Å². The van der Waals surface area contributed by atoms with E-state index in [-0.39, 0.29) is 18.4 Å². The summed E-state index contributed by atoms with van der Waals surface area (Å²) in [5.41, 5.74) is 4.14. The van der Waals surface area contributed by atoms with Gasteiger partial charge in [-0.2, -0.15) is 0 Å². The topological polar surface area (TPSA) is 52.7 Å². The number of fused-ring (bicyclic) bond motifs is 1. The molecule has 0 bridgehead atoms. The molecule has 3 aromatic carbocycles. The van der Waals surface area contributed by atoms with Crippen molar-refractivity contribution in [2.24, 2.45) is 0 Å². The highest BCUT2D eigenvalue weighted by atomic mass is 32.2. The van der Waals surface area contributed by atoms with Crippen molar-refractivity contribution in [3.63, 3.8) is 0 Å². The Morgan fingerprint density at radius 3 is 2.47 bits per heavy atom. The molecule has 1 heterocycles. The fraction of sp³-hybridized carbons (Fsp3) is 0.214. The number of aryl methyl sites for hydroxylation is 1. The monoisotopic (exact) mass is 471 g/mol.